The summed E-state index contributed by atoms with van der Waals surface area (Å²) in [6, 6.07) is 16.0. The van der Waals surface area contributed by atoms with Gasteiger partial charge in [0.2, 0.25) is 0 Å². The zero-order chi connectivity index (χ0) is 22.5. The Hall–Kier alpha value is -2.67. The highest BCUT2D eigenvalue weighted by Crippen LogP contribution is 2.20. The summed E-state index contributed by atoms with van der Waals surface area (Å²) in [5, 5.41) is 8.39. The molecule has 0 saturated carbocycles. The lowest BCUT2D eigenvalue weighted by Gasteiger charge is -2.27. The molecule has 1 N–H and O–H groups in total. The van der Waals surface area contributed by atoms with E-state index in [0.717, 1.165) is 49.7 Å². The molecule has 6 nitrogen and oxygen atoms in total. The zero-order valence-electron chi connectivity index (χ0n) is 18.6. The zero-order valence-corrected chi connectivity index (χ0v) is 19.4. The number of amides is 1. The second-order valence-corrected chi connectivity index (χ2v) is 8.54. The molecule has 0 radical (unpaired) electrons. The van der Waals surface area contributed by atoms with Gasteiger partial charge >= 0.3 is 0 Å². The van der Waals surface area contributed by atoms with Gasteiger partial charge in [0, 0.05) is 36.9 Å². The standard InChI is InChI=1S/C25H29ClN4O2/c1-18-24(19(2)30(28-18)17-22-9-5-6-10-23(22)26)25(31)27-15-20-7-3-4-8-21(20)16-29-11-13-32-14-12-29/h3-10H,11-17H2,1-2H3,(H,27,31). The normalized spacial score (nSPS) is 14.5. The summed E-state index contributed by atoms with van der Waals surface area (Å²) >= 11 is 6.31. The largest absolute Gasteiger partial charge is 0.379 e. The fourth-order valence-corrected chi connectivity index (χ4v) is 4.31. The molecule has 0 spiro atoms. The first-order chi connectivity index (χ1) is 15.5. The molecule has 1 fully saturated rings. The first kappa shape index (κ1) is 22.5. The molecule has 0 unspecified atom stereocenters. The highest BCUT2D eigenvalue weighted by atomic mass is 35.5. The SMILES string of the molecule is Cc1nn(Cc2ccccc2Cl)c(C)c1C(=O)NCc1ccccc1CN1CCOCC1. The number of hydrogen-bond donors (Lipinski definition) is 1. The highest BCUT2D eigenvalue weighted by molar-refractivity contribution is 6.31. The summed E-state index contributed by atoms with van der Waals surface area (Å²) < 4.78 is 7.30. The molecular weight excluding hydrogens is 424 g/mol. The second-order valence-electron chi connectivity index (χ2n) is 8.13. The first-order valence-corrected chi connectivity index (χ1v) is 11.3. The monoisotopic (exact) mass is 452 g/mol. The number of benzene rings is 2. The van der Waals surface area contributed by atoms with Crippen LogP contribution in [0.2, 0.25) is 5.02 Å². The highest BCUT2D eigenvalue weighted by Gasteiger charge is 2.20. The van der Waals surface area contributed by atoms with Gasteiger partial charge in [-0.25, -0.2) is 0 Å². The summed E-state index contributed by atoms with van der Waals surface area (Å²) in [6.45, 7) is 9.09. The molecule has 1 amide bonds. The van der Waals surface area contributed by atoms with E-state index in [4.69, 9.17) is 16.3 Å². The third-order valence-electron chi connectivity index (χ3n) is 5.94. The van der Waals surface area contributed by atoms with Crippen LogP contribution in [0.15, 0.2) is 48.5 Å². The van der Waals surface area contributed by atoms with Crippen molar-refractivity contribution in [2.45, 2.75) is 33.5 Å². The molecule has 0 aliphatic carbocycles. The van der Waals surface area contributed by atoms with E-state index in [9.17, 15) is 4.79 Å². The van der Waals surface area contributed by atoms with Gasteiger partial charge in [0.25, 0.3) is 5.91 Å². The third-order valence-corrected chi connectivity index (χ3v) is 6.31. The molecule has 0 atom stereocenters. The van der Waals surface area contributed by atoms with Crippen molar-refractivity contribution in [1.29, 1.82) is 0 Å². The van der Waals surface area contributed by atoms with E-state index < -0.39 is 0 Å². The van der Waals surface area contributed by atoms with Gasteiger partial charge in [-0.3, -0.25) is 14.4 Å². The minimum atomic E-state index is -0.105. The van der Waals surface area contributed by atoms with Crippen LogP contribution in [0.4, 0.5) is 0 Å². The number of ether oxygens (including phenoxy) is 1. The minimum absolute atomic E-state index is 0.105. The molecule has 1 aliphatic heterocycles. The van der Waals surface area contributed by atoms with Gasteiger partial charge in [0.15, 0.2) is 0 Å². The van der Waals surface area contributed by atoms with Gasteiger partial charge in [-0.1, -0.05) is 54.1 Å². The van der Waals surface area contributed by atoms with E-state index in [1.807, 2.05) is 54.9 Å². The number of carbonyl (C=O) groups excluding carboxylic acids is 1. The van der Waals surface area contributed by atoms with Crippen LogP contribution < -0.4 is 5.32 Å². The van der Waals surface area contributed by atoms with Crippen LogP contribution in [-0.4, -0.2) is 46.9 Å². The maximum Gasteiger partial charge on any atom is 0.255 e. The smallest absolute Gasteiger partial charge is 0.255 e. The Kier molecular flexibility index (Phi) is 7.25. The molecule has 2 aromatic carbocycles. The number of rotatable bonds is 7. The van der Waals surface area contributed by atoms with Crippen molar-refractivity contribution in [2.24, 2.45) is 0 Å². The predicted octanol–water partition coefficient (Wildman–Crippen LogP) is 3.96. The number of halogens is 1. The van der Waals surface area contributed by atoms with Gasteiger partial charge < -0.3 is 10.1 Å². The maximum atomic E-state index is 13.1. The van der Waals surface area contributed by atoms with Gasteiger partial charge in [-0.15, -0.1) is 0 Å². The summed E-state index contributed by atoms with van der Waals surface area (Å²) in [5.41, 5.74) is 5.52. The second kappa shape index (κ2) is 10.3. The van der Waals surface area contributed by atoms with Crippen LogP contribution in [0.25, 0.3) is 0 Å². The van der Waals surface area contributed by atoms with E-state index >= 15 is 0 Å². The topological polar surface area (TPSA) is 59.4 Å². The predicted molar refractivity (Wildman–Crippen MR) is 126 cm³/mol. The molecule has 3 aromatic rings. The molecule has 4 rings (SSSR count). The van der Waals surface area contributed by atoms with Crippen molar-refractivity contribution in [2.75, 3.05) is 26.3 Å². The number of nitrogens with zero attached hydrogens (tertiary/aromatic N) is 3. The Bertz CT molecular complexity index is 1090. The number of carbonyl (C=O) groups is 1. The van der Waals surface area contributed by atoms with Gasteiger partial charge in [-0.05, 0) is 36.6 Å². The van der Waals surface area contributed by atoms with E-state index in [2.05, 4.69) is 27.4 Å². The lowest BCUT2D eigenvalue weighted by molar-refractivity contribution is 0.0340. The van der Waals surface area contributed by atoms with Crippen LogP contribution in [0.3, 0.4) is 0 Å². The Balaban J connectivity index is 1.45. The minimum Gasteiger partial charge on any atom is -0.379 e. The number of nitrogens with one attached hydrogen (secondary N) is 1. The van der Waals surface area contributed by atoms with E-state index in [1.165, 1.54) is 5.56 Å². The van der Waals surface area contributed by atoms with Crippen LogP contribution in [0.1, 0.15) is 38.4 Å². The average Bonchev–Trinajstić information content (AvgIpc) is 3.08. The maximum absolute atomic E-state index is 13.1. The summed E-state index contributed by atoms with van der Waals surface area (Å²) in [6.07, 6.45) is 0. The Morgan fingerprint density at radius 1 is 1.00 bits per heavy atom. The lowest BCUT2D eigenvalue weighted by atomic mass is 10.1. The average molecular weight is 453 g/mol. The molecule has 2 heterocycles. The Labute approximate surface area is 194 Å². The Morgan fingerprint density at radius 3 is 2.38 bits per heavy atom. The van der Waals surface area contributed by atoms with Gasteiger partial charge in [0.1, 0.15) is 0 Å². The Morgan fingerprint density at radius 2 is 1.66 bits per heavy atom. The fourth-order valence-electron chi connectivity index (χ4n) is 4.12. The molecule has 32 heavy (non-hydrogen) atoms. The van der Waals surface area contributed by atoms with Gasteiger partial charge in [-0.2, -0.15) is 5.10 Å². The molecule has 1 aliphatic rings. The number of hydrogen-bond acceptors (Lipinski definition) is 4. The van der Waals surface area contributed by atoms with Crippen LogP contribution in [0.5, 0.6) is 0 Å². The first-order valence-electron chi connectivity index (χ1n) is 11.0. The summed E-state index contributed by atoms with van der Waals surface area (Å²) in [4.78, 5) is 15.5. The summed E-state index contributed by atoms with van der Waals surface area (Å²) in [5.74, 6) is -0.105. The molecular formula is C25H29ClN4O2. The quantitative estimate of drug-likeness (QED) is 0.589. The summed E-state index contributed by atoms with van der Waals surface area (Å²) in [7, 11) is 0. The van der Waals surface area contributed by atoms with Crippen LogP contribution >= 0.6 is 11.6 Å². The van der Waals surface area contributed by atoms with Crippen molar-refractivity contribution in [3.8, 4) is 0 Å². The van der Waals surface area contributed by atoms with E-state index in [1.54, 1.807) is 0 Å². The van der Waals surface area contributed by atoms with Crippen LogP contribution in [0, 0.1) is 13.8 Å². The van der Waals surface area contributed by atoms with Crippen molar-refractivity contribution in [3.63, 3.8) is 0 Å². The number of aromatic nitrogens is 2. The molecule has 1 saturated heterocycles. The lowest BCUT2D eigenvalue weighted by Crippen LogP contribution is -2.36. The van der Waals surface area contributed by atoms with Crippen molar-refractivity contribution in [1.82, 2.24) is 20.0 Å². The van der Waals surface area contributed by atoms with E-state index in [-0.39, 0.29) is 5.91 Å². The molecule has 1 aromatic heterocycles. The number of aryl methyl sites for hydroxylation is 1. The fraction of sp³-hybridized carbons (Fsp3) is 0.360. The van der Waals surface area contributed by atoms with E-state index in [0.29, 0.717) is 29.4 Å². The number of morpholine rings is 1. The van der Waals surface area contributed by atoms with Crippen molar-refractivity contribution in [3.05, 3.63) is 87.2 Å². The van der Waals surface area contributed by atoms with Gasteiger partial charge in [0.05, 0.1) is 31.0 Å². The van der Waals surface area contributed by atoms with Crippen molar-refractivity contribution < 1.29 is 9.53 Å². The van der Waals surface area contributed by atoms with Crippen LogP contribution in [-0.2, 0) is 24.4 Å². The van der Waals surface area contributed by atoms with Crippen molar-refractivity contribution >= 4 is 17.5 Å². The molecule has 7 heteroatoms. The molecule has 0 bridgehead atoms. The molecule has 168 valence electrons. The third kappa shape index (κ3) is 5.21.